The molecule has 0 spiro atoms. The van der Waals surface area contributed by atoms with E-state index in [0.29, 0.717) is 7.08 Å². The summed E-state index contributed by atoms with van der Waals surface area (Å²) in [5.74, 6) is 4.59. The SMILES string of the molecule is NN=PBr. The van der Waals surface area contributed by atoms with Gasteiger partial charge in [0.1, 0.15) is 7.08 Å². The van der Waals surface area contributed by atoms with Crippen molar-refractivity contribution in [1.82, 2.24) is 0 Å². The zero-order valence-electron chi connectivity index (χ0n) is 1.85. The Balaban J connectivity index is 2.55. The molecule has 0 aliphatic carbocycles. The van der Waals surface area contributed by atoms with Crippen molar-refractivity contribution < 1.29 is 0 Å². The molecule has 4 heavy (non-hydrogen) atoms. The van der Waals surface area contributed by atoms with E-state index < -0.39 is 0 Å². The van der Waals surface area contributed by atoms with Gasteiger partial charge in [0.25, 0.3) is 0 Å². The van der Waals surface area contributed by atoms with Crippen molar-refractivity contribution in [2.24, 2.45) is 10.7 Å². The van der Waals surface area contributed by atoms with Gasteiger partial charge in [-0.15, -0.1) is 0 Å². The van der Waals surface area contributed by atoms with E-state index in [4.69, 9.17) is 0 Å². The largest absolute Gasteiger partial charge is 0.223 e. The van der Waals surface area contributed by atoms with Crippen LogP contribution in [0.1, 0.15) is 0 Å². The molecule has 0 aromatic carbocycles. The number of nitrogens with two attached hydrogens (primary N) is 1. The van der Waals surface area contributed by atoms with Gasteiger partial charge in [-0.1, -0.05) is 0 Å². The Labute approximate surface area is 34.0 Å². The van der Waals surface area contributed by atoms with Crippen LogP contribution >= 0.6 is 22.6 Å². The summed E-state index contributed by atoms with van der Waals surface area (Å²) in [6, 6.07) is 0. The number of rotatable bonds is 0. The maximum absolute atomic E-state index is 4.59. The third-order valence-electron chi connectivity index (χ3n) is 0.0436. The fraction of sp³-hybridized carbons (Fsp3) is 0. The van der Waals surface area contributed by atoms with Gasteiger partial charge in [-0.05, 0) is 0 Å². The lowest BCUT2D eigenvalue weighted by atomic mass is 13.0. The summed E-state index contributed by atoms with van der Waals surface area (Å²) in [5, 5.41) is 0. The lowest BCUT2D eigenvalue weighted by Crippen LogP contribution is -1.65. The molecule has 24 valence electrons. The van der Waals surface area contributed by atoms with Gasteiger partial charge in [-0.25, -0.2) is 5.84 Å². The minimum Gasteiger partial charge on any atom is -0.223 e. The average molecular weight is 141 g/mol. The normalized spacial score (nSPS) is 9.50. The summed E-state index contributed by atoms with van der Waals surface area (Å²) in [7, 11) is 0.714. The van der Waals surface area contributed by atoms with Crippen LogP contribution in [0, 0.1) is 0 Å². The van der Waals surface area contributed by atoms with Gasteiger partial charge in [-0.2, -0.15) is 4.85 Å². The predicted molar refractivity (Wildman–Crippen MR) is 22.5 cm³/mol. The van der Waals surface area contributed by atoms with Gasteiger partial charge in [0, 0.05) is 15.5 Å². The van der Waals surface area contributed by atoms with Gasteiger partial charge in [0.2, 0.25) is 0 Å². The number of hydrogen-bond acceptors (Lipinski definition) is 1. The lowest BCUT2D eigenvalue weighted by molar-refractivity contribution is 1.30. The molecule has 0 aromatic rings. The van der Waals surface area contributed by atoms with E-state index in [1.165, 1.54) is 0 Å². The van der Waals surface area contributed by atoms with Crippen LogP contribution in [0.15, 0.2) is 4.85 Å². The first-order chi connectivity index (χ1) is 1.91. The minimum absolute atomic E-state index is 0.714. The molecule has 0 rings (SSSR count). The van der Waals surface area contributed by atoms with Crippen LogP contribution in [-0.4, -0.2) is 0 Å². The van der Waals surface area contributed by atoms with Crippen molar-refractivity contribution in [3.63, 3.8) is 0 Å². The summed E-state index contributed by atoms with van der Waals surface area (Å²) in [6.45, 7) is 0. The average Bonchev–Trinajstić information content (AvgIpc) is 1.37. The third kappa shape index (κ3) is 2.54. The molecule has 0 unspecified atom stereocenters. The van der Waals surface area contributed by atoms with Gasteiger partial charge >= 0.3 is 0 Å². The van der Waals surface area contributed by atoms with Gasteiger partial charge in [-0.3, -0.25) is 0 Å². The van der Waals surface area contributed by atoms with Crippen molar-refractivity contribution in [2.75, 3.05) is 0 Å². The third-order valence-corrected chi connectivity index (χ3v) is 0.680. The lowest BCUT2D eigenvalue weighted by Gasteiger charge is -1.50. The van der Waals surface area contributed by atoms with Crippen LogP contribution in [0.4, 0.5) is 0 Å². The quantitative estimate of drug-likeness (QED) is 0.308. The van der Waals surface area contributed by atoms with Crippen molar-refractivity contribution in [1.29, 1.82) is 0 Å². The predicted octanol–water partition coefficient (Wildman–Crippen LogP) is 1.30. The molecule has 0 bridgehead atoms. The second kappa shape index (κ2) is 3.54. The highest BCUT2D eigenvalue weighted by Crippen LogP contribution is 2.03. The van der Waals surface area contributed by atoms with Crippen LogP contribution < -0.4 is 5.84 Å². The summed E-state index contributed by atoms with van der Waals surface area (Å²) < 4.78 is 0. The van der Waals surface area contributed by atoms with E-state index in [1.807, 2.05) is 0 Å². The number of halogens is 1. The van der Waals surface area contributed by atoms with E-state index in [2.05, 4.69) is 26.2 Å². The Hall–Kier alpha value is 0.540. The van der Waals surface area contributed by atoms with Crippen molar-refractivity contribution in [3.8, 4) is 0 Å². The maximum atomic E-state index is 4.59. The second-order valence-corrected chi connectivity index (χ2v) is 1.52. The zero-order valence-corrected chi connectivity index (χ0v) is 4.33. The highest BCUT2D eigenvalue weighted by atomic mass is 79.9. The van der Waals surface area contributed by atoms with E-state index in [1.54, 1.807) is 0 Å². The Morgan fingerprint density at radius 1 is 2.00 bits per heavy atom. The summed E-state index contributed by atoms with van der Waals surface area (Å²) in [6.07, 6.45) is 0. The molecule has 0 aromatic heterocycles. The minimum atomic E-state index is 0.714. The fourth-order valence-electron chi connectivity index (χ4n) is 0. The van der Waals surface area contributed by atoms with E-state index in [0.717, 1.165) is 0 Å². The van der Waals surface area contributed by atoms with Crippen LogP contribution in [0.5, 0.6) is 0 Å². The molecule has 2 nitrogen and oxygen atoms in total. The molecular formula is H2BrN2P. The molecule has 2 N–H and O–H groups in total. The molecule has 0 atom stereocenters. The van der Waals surface area contributed by atoms with E-state index in [-0.39, 0.29) is 0 Å². The summed E-state index contributed by atoms with van der Waals surface area (Å²) >= 11 is 2.93. The molecule has 0 saturated carbocycles. The number of nitrogens with zero attached hydrogens (tertiary/aromatic N) is 1. The molecule has 4 heteroatoms. The molecule has 0 saturated heterocycles. The first kappa shape index (κ1) is 4.54. The zero-order chi connectivity index (χ0) is 3.41. The van der Waals surface area contributed by atoms with Gasteiger partial charge in [0.05, 0.1) is 0 Å². The molecule has 0 fully saturated rings. The molecule has 0 amide bonds. The van der Waals surface area contributed by atoms with Gasteiger partial charge in [0.15, 0.2) is 0 Å². The molecule has 0 heterocycles. The Morgan fingerprint density at radius 2 is 2.25 bits per heavy atom. The Bertz CT molecular complexity index is 21.2. The van der Waals surface area contributed by atoms with E-state index >= 15 is 0 Å². The number of hydrogen-bond donors (Lipinski definition) is 1. The van der Waals surface area contributed by atoms with Crippen LogP contribution in [-0.2, 0) is 0 Å². The van der Waals surface area contributed by atoms with Gasteiger partial charge < -0.3 is 0 Å². The van der Waals surface area contributed by atoms with Crippen LogP contribution in [0.3, 0.4) is 0 Å². The van der Waals surface area contributed by atoms with Crippen molar-refractivity contribution in [2.45, 2.75) is 0 Å². The summed E-state index contributed by atoms with van der Waals surface area (Å²) in [5.41, 5.74) is 0. The topological polar surface area (TPSA) is 38.4 Å². The molecule has 0 aliphatic rings. The first-order valence-corrected chi connectivity index (χ1v) is 3.49. The van der Waals surface area contributed by atoms with Crippen molar-refractivity contribution >= 4 is 22.6 Å². The Kier molecular flexibility index (Phi) is 4.02. The standard InChI is InChI=1S/BrH2N2P/c1-4-3-2/h2H2. The molecular weight excluding hydrogens is 139 g/mol. The summed E-state index contributed by atoms with van der Waals surface area (Å²) in [4.78, 5) is 3.12. The Morgan fingerprint density at radius 3 is 2.25 bits per heavy atom. The fourth-order valence-corrected chi connectivity index (χ4v) is 0. The smallest absolute Gasteiger partial charge is 0.105 e. The molecule has 0 aliphatic heterocycles. The van der Waals surface area contributed by atoms with E-state index in [9.17, 15) is 0 Å². The monoisotopic (exact) mass is 140 g/mol. The molecule has 0 radical (unpaired) electrons. The highest BCUT2D eigenvalue weighted by molar-refractivity contribution is 9.35. The first-order valence-electron chi connectivity index (χ1n) is 0.627. The highest BCUT2D eigenvalue weighted by Gasteiger charge is 1.38. The maximum Gasteiger partial charge on any atom is 0.105 e. The second-order valence-electron chi connectivity index (χ2n) is 0.191. The van der Waals surface area contributed by atoms with Crippen molar-refractivity contribution in [3.05, 3.63) is 0 Å². The van der Waals surface area contributed by atoms with Crippen LogP contribution in [0.25, 0.3) is 0 Å². The van der Waals surface area contributed by atoms with Crippen LogP contribution in [0.2, 0.25) is 0 Å².